The Hall–Kier alpha value is -2.34. The Bertz CT molecular complexity index is 844. The summed E-state index contributed by atoms with van der Waals surface area (Å²) in [6.07, 6.45) is -0.0445. The van der Waals surface area contributed by atoms with Crippen LogP contribution < -0.4 is 4.74 Å². The van der Waals surface area contributed by atoms with E-state index in [0.29, 0.717) is 13.2 Å². The van der Waals surface area contributed by atoms with Gasteiger partial charge in [0.1, 0.15) is 12.4 Å². The van der Waals surface area contributed by atoms with Gasteiger partial charge >= 0.3 is 0 Å². The van der Waals surface area contributed by atoms with Crippen LogP contribution in [-0.4, -0.2) is 45.2 Å². The first-order valence-corrected chi connectivity index (χ1v) is 10.2. The molecule has 0 aliphatic rings. The van der Waals surface area contributed by atoms with Crippen LogP contribution in [0.25, 0.3) is 0 Å². The van der Waals surface area contributed by atoms with Crippen molar-refractivity contribution in [1.82, 2.24) is 4.90 Å². The lowest BCUT2D eigenvalue weighted by molar-refractivity contribution is -0.129. The number of rotatable bonds is 8. The molecule has 0 atom stereocenters. The number of hydrogen-bond acceptors (Lipinski definition) is 4. The van der Waals surface area contributed by atoms with Gasteiger partial charge in [-0.3, -0.25) is 4.79 Å². The molecule has 1 amide bonds. The van der Waals surface area contributed by atoms with E-state index in [1.54, 1.807) is 31.3 Å². The Labute approximate surface area is 155 Å². The number of amides is 1. The van der Waals surface area contributed by atoms with Crippen LogP contribution in [0.5, 0.6) is 5.75 Å². The van der Waals surface area contributed by atoms with Crippen molar-refractivity contribution in [3.05, 3.63) is 59.7 Å². The first-order chi connectivity index (χ1) is 12.3. The van der Waals surface area contributed by atoms with E-state index in [0.717, 1.165) is 16.9 Å². The molecule has 0 fully saturated rings. The molecule has 0 aromatic heterocycles. The minimum atomic E-state index is -3.45. The van der Waals surface area contributed by atoms with E-state index < -0.39 is 9.84 Å². The highest BCUT2D eigenvalue weighted by Gasteiger charge is 2.18. The van der Waals surface area contributed by atoms with Crippen molar-refractivity contribution < 1.29 is 17.9 Å². The summed E-state index contributed by atoms with van der Waals surface area (Å²) in [7, 11) is -1.80. The van der Waals surface area contributed by atoms with Gasteiger partial charge in [-0.15, -0.1) is 0 Å². The lowest BCUT2D eigenvalue weighted by Crippen LogP contribution is -2.32. The van der Waals surface area contributed by atoms with Crippen molar-refractivity contribution in [1.29, 1.82) is 0 Å². The summed E-state index contributed by atoms with van der Waals surface area (Å²) in [6, 6.07) is 14.3. The third-order valence-corrected chi connectivity index (χ3v) is 5.81. The van der Waals surface area contributed by atoms with Gasteiger partial charge in [-0.1, -0.05) is 29.8 Å². The predicted molar refractivity (Wildman–Crippen MR) is 102 cm³/mol. The molecular weight excluding hydrogens is 350 g/mol. The Morgan fingerprint density at radius 3 is 2.38 bits per heavy atom. The van der Waals surface area contributed by atoms with Gasteiger partial charge in [0.05, 0.1) is 17.2 Å². The molecule has 6 heteroatoms. The number of nitrogens with zero attached hydrogens (tertiary/aromatic N) is 1. The average Bonchev–Trinajstić information content (AvgIpc) is 2.60. The molecule has 2 rings (SSSR count). The van der Waals surface area contributed by atoms with Gasteiger partial charge < -0.3 is 9.64 Å². The summed E-state index contributed by atoms with van der Waals surface area (Å²) in [5.41, 5.74) is 2.10. The smallest absolute Gasteiger partial charge is 0.223 e. The number of ether oxygens (including phenoxy) is 1. The molecule has 0 N–H and O–H groups in total. The van der Waals surface area contributed by atoms with Crippen LogP contribution in [0.4, 0.5) is 0 Å². The molecule has 0 aliphatic heterocycles. The molecule has 5 nitrogen and oxygen atoms in total. The number of carbonyl (C=O) groups excluding carboxylic acids is 1. The number of hydrogen-bond donors (Lipinski definition) is 0. The number of aryl methyl sites for hydroxylation is 2. The van der Waals surface area contributed by atoms with Crippen LogP contribution in [0.3, 0.4) is 0 Å². The normalized spacial score (nSPS) is 11.2. The zero-order valence-electron chi connectivity index (χ0n) is 15.4. The number of carbonyl (C=O) groups is 1. The first-order valence-electron chi connectivity index (χ1n) is 8.51. The zero-order valence-corrected chi connectivity index (χ0v) is 16.3. The average molecular weight is 375 g/mol. The minimum Gasteiger partial charge on any atom is -0.492 e. The Morgan fingerprint density at radius 1 is 1.04 bits per heavy atom. The monoisotopic (exact) mass is 375 g/mol. The lowest BCUT2D eigenvalue weighted by Gasteiger charge is -2.17. The van der Waals surface area contributed by atoms with E-state index in [1.165, 1.54) is 4.90 Å². The summed E-state index contributed by atoms with van der Waals surface area (Å²) < 4.78 is 30.2. The maximum Gasteiger partial charge on any atom is 0.223 e. The van der Waals surface area contributed by atoms with Crippen LogP contribution in [0.2, 0.25) is 0 Å². The quantitative estimate of drug-likeness (QED) is 0.711. The number of benzene rings is 2. The van der Waals surface area contributed by atoms with E-state index in [9.17, 15) is 13.2 Å². The Morgan fingerprint density at radius 2 is 1.73 bits per heavy atom. The van der Waals surface area contributed by atoms with Gasteiger partial charge in [0.2, 0.25) is 5.91 Å². The van der Waals surface area contributed by atoms with Gasteiger partial charge in [0.25, 0.3) is 0 Å². The van der Waals surface area contributed by atoms with E-state index in [2.05, 4.69) is 0 Å². The third kappa shape index (κ3) is 5.88. The fraction of sp³-hybridized carbons (Fsp3) is 0.350. The SMILES string of the molecule is Cc1ccc(S(=O)(=O)CCC(=O)N(C)CCOc2cccc(C)c2)cc1. The maximum absolute atomic E-state index is 12.3. The van der Waals surface area contributed by atoms with Crippen molar-refractivity contribution >= 4 is 15.7 Å². The van der Waals surface area contributed by atoms with Crippen LogP contribution in [-0.2, 0) is 14.6 Å². The van der Waals surface area contributed by atoms with E-state index in [-0.39, 0.29) is 23.0 Å². The van der Waals surface area contributed by atoms with Crippen LogP contribution in [0, 0.1) is 13.8 Å². The topological polar surface area (TPSA) is 63.7 Å². The van der Waals surface area contributed by atoms with Gasteiger partial charge in [-0.05, 0) is 43.7 Å². The van der Waals surface area contributed by atoms with Crippen molar-refractivity contribution in [2.24, 2.45) is 0 Å². The Kier molecular flexibility index (Phi) is 6.80. The minimum absolute atomic E-state index is 0.0445. The summed E-state index contributed by atoms with van der Waals surface area (Å²) >= 11 is 0. The molecular formula is C20H25NO4S. The standard InChI is InChI=1S/C20H25NO4S/c1-16-7-9-19(10-8-16)26(23,24)14-11-20(22)21(3)12-13-25-18-6-4-5-17(2)15-18/h4-10,15H,11-14H2,1-3H3. The fourth-order valence-electron chi connectivity index (χ4n) is 2.41. The highest BCUT2D eigenvalue weighted by Crippen LogP contribution is 2.14. The number of sulfone groups is 1. The molecule has 0 spiro atoms. The molecule has 2 aromatic carbocycles. The highest BCUT2D eigenvalue weighted by atomic mass is 32.2. The second-order valence-corrected chi connectivity index (χ2v) is 8.47. The van der Waals surface area contributed by atoms with Crippen LogP contribution >= 0.6 is 0 Å². The van der Waals surface area contributed by atoms with Crippen molar-refractivity contribution in [3.8, 4) is 5.75 Å². The second-order valence-electron chi connectivity index (χ2n) is 6.36. The summed E-state index contributed by atoms with van der Waals surface area (Å²) in [4.78, 5) is 13.9. The molecule has 0 radical (unpaired) electrons. The lowest BCUT2D eigenvalue weighted by atomic mass is 10.2. The molecule has 26 heavy (non-hydrogen) atoms. The third-order valence-electron chi connectivity index (χ3n) is 4.08. The summed E-state index contributed by atoms with van der Waals surface area (Å²) in [6.45, 7) is 4.64. The van der Waals surface area contributed by atoms with E-state index >= 15 is 0 Å². The zero-order chi connectivity index (χ0) is 19.2. The molecule has 0 aliphatic carbocycles. The molecule has 140 valence electrons. The molecule has 0 saturated carbocycles. The molecule has 0 heterocycles. The van der Waals surface area contributed by atoms with Gasteiger partial charge in [-0.2, -0.15) is 0 Å². The van der Waals surface area contributed by atoms with Gasteiger partial charge in [0, 0.05) is 13.5 Å². The van der Waals surface area contributed by atoms with Crippen molar-refractivity contribution in [3.63, 3.8) is 0 Å². The van der Waals surface area contributed by atoms with Crippen molar-refractivity contribution in [2.45, 2.75) is 25.2 Å². The van der Waals surface area contributed by atoms with Crippen molar-refractivity contribution in [2.75, 3.05) is 26.0 Å². The fourth-order valence-corrected chi connectivity index (χ4v) is 3.64. The van der Waals surface area contributed by atoms with Crippen LogP contribution in [0.1, 0.15) is 17.5 Å². The Balaban J connectivity index is 1.80. The summed E-state index contributed by atoms with van der Waals surface area (Å²) in [5.74, 6) is 0.346. The highest BCUT2D eigenvalue weighted by molar-refractivity contribution is 7.91. The predicted octanol–water partition coefficient (Wildman–Crippen LogP) is 3.00. The molecule has 0 bridgehead atoms. The largest absolute Gasteiger partial charge is 0.492 e. The molecule has 0 saturated heterocycles. The van der Waals surface area contributed by atoms with E-state index in [4.69, 9.17) is 4.74 Å². The first kappa shape index (κ1) is 20.0. The summed E-state index contributed by atoms with van der Waals surface area (Å²) in [5, 5.41) is 0. The molecule has 2 aromatic rings. The van der Waals surface area contributed by atoms with Crippen LogP contribution in [0.15, 0.2) is 53.4 Å². The van der Waals surface area contributed by atoms with E-state index in [1.807, 2.05) is 38.1 Å². The van der Waals surface area contributed by atoms with Gasteiger partial charge in [0.15, 0.2) is 9.84 Å². The molecule has 0 unspecified atom stereocenters. The maximum atomic E-state index is 12.3. The number of likely N-dealkylation sites (N-methyl/N-ethyl adjacent to an activating group) is 1. The van der Waals surface area contributed by atoms with Gasteiger partial charge in [-0.25, -0.2) is 8.42 Å². The second kappa shape index (κ2) is 8.85.